The van der Waals surface area contributed by atoms with Crippen LogP contribution in [0.3, 0.4) is 0 Å². The standard InChI is InChI=1S/C20H25N5O/c1-24-20-17(19(21)23-24)9-10-18(22-20)15-6-5-11-25(14-15)12-13-26-16-7-3-2-4-8-16/h2-4,7-10,15H,5-6,11-14H2,1H3,(H2,21,23). The van der Waals surface area contributed by atoms with Gasteiger partial charge in [0, 0.05) is 31.7 Å². The molecule has 1 atom stereocenters. The Bertz CT molecular complexity index is 877. The normalized spacial score (nSPS) is 18.3. The number of piperidine rings is 1. The van der Waals surface area contributed by atoms with Crippen LogP contribution in [0.4, 0.5) is 5.82 Å². The molecule has 0 spiro atoms. The molecule has 3 aromatic rings. The molecule has 1 aliphatic rings. The zero-order valence-electron chi connectivity index (χ0n) is 15.1. The van der Waals surface area contributed by atoms with Gasteiger partial charge in [-0.1, -0.05) is 18.2 Å². The van der Waals surface area contributed by atoms with E-state index in [4.69, 9.17) is 15.5 Å². The highest BCUT2D eigenvalue weighted by atomic mass is 16.5. The Hall–Kier alpha value is -2.60. The molecule has 2 N–H and O–H groups in total. The quantitative estimate of drug-likeness (QED) is 0.765. The number of hydrogen-bond acceptors (Lipinski definition) is 5. The molecule has 1 fully saturated rings. The molecule has 3 heterocycles. The van der Waals surface area contributed by atoms with Crippen molar-refractivity contribution in [2.75, 3.05) is 32.0 Å². The zero-order chi connectivity index (χ0) is 17.9. The molecule has 6 nitrogen and oxygen atoms in total. The fourth-order valence-corrected chi connectivity index (χ4v) is 3.71. The highest BCUT2D eigenvalue weighted by molar-refractivity contribution is 5.86. The van der Waals surface area contributed by atoms with E-state index in [0.29, 0.717) is 18.3 Å². The third kappa shape index (κ3) is 3.51. The maximum atomic E-state index is 5.94. The van der Waals surface area contributed by atoms with Crippen molar-refractivity contribution in [3.8, 4) is 5.75 Å². The molecule has 6 heteroatoms. The lowest BCUT2D eigenvalue weighted by molar-refractivity contribution is 0.169. The summed E-state index contributed by atoms with van der Waals surface area (Å²) >= 11 is 0. The molecule has 26 heavy (non-hydrogen) atoms. The van der Waals surface area contributed by atoms with Gasteiger partial charge in [0.1, 0.15) is 12.4 Å². The van der Waals surface area contributed by atoms with Crippen LogP contribution in [-0.2, 0) is 7.05 Å². The van der Waals surface area contributed by atoms with Crippen molar-refractivity contribution in [3.63, 3.8) is 0 Å². The number of ether oxygens (including phenoxy) is 1. The van der Waals surface area contributed by atoms with E-state index < -0.39 is 0 Å². The Kier molecular flexibility index (Phi) is 4.75. The van der Waals surface area contributed by atoms with Crippen molar-refractivity contribution in [2.45, 2.75) is 18.8 Å². The minimum Gasteiger partial charge on any atom is -0.492 e. The maximum absolute atomic E-state index is 5.94. The van der Waals surface area contributed by atoms with Crippen molar-refractivity contribution < 1.29 is 4.74 Å². The van der Waals surface area contributed by atoms with Gasteiger partial charge >= 0.3 is 0 Å². The first-order valence-electron chi connectivity index (χ1n) is 9.20. The largest absolute Gasteiger partial charge is 0.492 e. The second kappa shape index (κ2) is 7.33. The molecule has 2 aromatic heterocycles. The van der Waals surface area contributed by atoms with Crippen molar-refractivity contribution in [2.24, 2.45) is 7.05 Å². The molecular weight excluding hydrogens is 326 g/mol. The van der Waals surface area contributed by atoms with Crippen LogP contribution in [0.5, 0.6) is 5.75 Å². The van der Waals surface area contributed by atoms with E-state index in [1.54, 1.807) is 4.68 Å². The highest BCUT2D eigenvalue weighted by Gasteiger charge is 2.23. The van der Waals surface area contributed by atoms with E-state index in [1.807, 2.05) is 37.4 Å². The van der Waals surface area contributed by atoms with Crippen molar-refractivity contribution in [1.82, 2.24) is 19.7 Å². The number of benzene rings is 1. The van der Waals surface area contributed by atoms with E-state index in [2.05, 4.69) is 22.1 Å². The highest BCUT2D eigenvalue weighted by Crippen LogP contribution is 2.28. The molecule has 1 aromatic carbocycles. The summed E-state index contributed by atoms with van der Waals surface area (Å²) in [7, 11) is 1.89. The lowest BCUT2D eigenvalue weighted by atomic mass is 9.94. The van der Waals surface area contributed by atoms with E-state index >= 15 is 0 Å². The predicted molar refractivity (Wildman–Crippen MR) is 103 cm³/mol. The lowest BCUT2D eigenvalue weighted by Crippen LogP contribution is -2.37. The molecule has 0 aliphatic carbocycles. The number of likely N-dealkylation sites (tertiary alicyclic amines) is 1. The van der Waals surface area contributed by atoms with Gasteiger partial charge in [0.15, 0.2) is 11.5 Å². The number of nitrogens with two attached hydrogens (primary N) is 1. The van der Waals surface area contributed by atoms with Crippen molar-refractivity contribution >= 4 is 16.9 Å². The van der Waals surface area contributed by atoms with Gasteiger partial charge in [-0.25, -0.2) is 9.67 Å². The number of aromatic nitrogens is 3. The maximum Gasteiger partial charge on any atom is 0.159 e. The predicted octanol–water partition coefficient (Wildman–Crippen LogP) is 2.81. The average Bonchev–Trinajstić information content (AvgIpc) is 2.96. The molecule has 1 saturated heterocycles. The SMILES string of the molecule is Cn1nc(N)c2ccc(C3CCCN(CCOc4ccccc4)C3)nc21. The molecular formula is C20H25N5O. The first-order chi connectivity index (χ1) is 12.7. The Balaban J connectivity index is 1.39. The third-order valence-corrected chi connectivity index (χ3v) is 5.08. The summed E-state index contributed by atoms with van der Waals surface area (Å²) in [6.07, 6.45) is 2.35. The van der Waals surface area contributed by atoms with Gasteiger partial charge in [0.2, 0.25) is 0 Å². The minimum atomic E-state index is 0.445. The molecule has 0 amide bonds. The van der Waals surface area contributed by atoms with Gasteiger partial charge in [0.05, 0.1) is 5.39 Å². The Morgan fingerprint density at radius 2 is 2.04 bits per heavy atom. The number of nitrogens with zero attached hydrogens (tertiary/aromatic N) is 4. The Labute approximate surface area is 153 Å². The smallest absolute Gasteiger partial charge is 0.159 e. The number of aryl methyl sites for hydroxylation is 1. The number of rotatable bonds is 5. The summed E-state index contributed by atoms with van der Waals surface area (Å²) in [6.45, 7) is 3.79. The van der Waals surface area contributed by atoms with Crippen LogP contribution >= 0.6 is 0 Å². The van der Waals surface area contributed by atoms with E-state index in [9.17, 15) is 0 Å². The first kappa shape index (κ1) is 16.8. The second-order valence-electron chi connectivity index (χ2n) is 6.92. The second-order valence-corrected chi connectivity index (χ2v) is 6.92. The average molecular weight is 351 g/mol. The van der Waals surface area contributed by atoms with Gasteiger partial charge in [-0.3, -0.25) is 4.90 Å². The van der Waals surface area contributed by atoms with E-state index in [0.717, 1.165) is 42.1 Å². The fourth-order valence-electron chi connectivity index (χ4n) is 3.71. The molecule has 4 rings (SSSR count). The number of fused-ring (bicyclic) bond motifs is 1. The Morgan fingerprint density at radius 3 is 2.88 bits per heavy atom. The van der Waals surface area contributed by atoms with Gasteiger partial charge in [-0.2, -0.15) is 5.10 Å². The Morgan fingerprint density at radius 1 is 1.19 bits per heavy atom. The fraction of sp³-hybridized carbons (Fsp3) is 0.400. The van der Waals surface area contributed by atoms with Gasteiger partial charge < -0.3 is 10.5 Å². The van der Waals surface area contributed by atoms with Crippen LogP contribution in [0.1, 0.15) is 24.5 Å². The van der Waals surface area contributed by atoms with Crippen molar-refractivity contribution in [3.05, 3.63) is 48.2 Å². The van der Waals surface area contributed by atoms with Crippen LogP contribution in [0.15, 0.2) is 42.5 Å². The van der Waals surface area contributed by atoms with Crippen LogP contribution in [0.2, 0.25) is 0 Å². The van der Waals surface area contributed by atoms with Crippen LogP contribution in [0, 0.1) is 0 Å². The van der Waals surface area contributed by atoms with E-state index in [1.165, 1.54) is 12.8 Å². The van der Waals surface area contributed by atoms with Gasteiger partial charge in [-0.15, -0.1) is 0 Å². The van der Waals surface area contributed by atoms with Gasteiger partial charge in [-0.05, 0) is 43.7 Å². The van der Waals surface area contributed by atoms with Crippen molar-refractivity contribution in [1.29, 1.82) is 0 Å². The topological polar surface area (TPSA) is 69.2 Å². The van der Waals surface area contributed by atoms with E-state index in [-0.39, 0.29) is 0 Å². The number of nitrogen functional groups attached to an aromatic ring is 1. The number of hydrogen-bond donors (Lipinski definition) is 1. The molecule has 1 unspecified atom stereocenters. The summed E-state index contributed by atoms with van der Waals surface area (Å²) in [4.78, 5) is 7.32. The first-order valence-corrected chi connectivity index (χ1v) is 9.20. The van der Waals surface area contributed by atoms with Gasteiger partial charge in [0.25, 0.3) is 0 Å². The molecule has 0 saturated carbocycles. The molecule has 0 radical (unpaired) electrons. The molecule has 0 bridgehead atoms. The number of para-hydroxylation sites is 1. The summed E-state index contributed by atoms with van der Waals surface area (Å²) in [6, 6.07) is 14.2. The summed E-state index contributed by atoms with van der Waals surface area (Å²) < 4.78 is 7.61. The molecule has 136 valence electrons. The van der Waals surface area contributed by atoms with Crippen LogP contribution in [-0.4, -0.2) is 45.9 Å². The van der Waals surface area contributed by atoms with Crippen LogP contribution < -0.4 is 10.5 Å². The van der Waals surface area contributed by atoms with Crippen LogP contribution in [0.25, 0.3) is 11.0 Å². The number of anilines is 1. The zero-order valence-corrected chi connectivity index (χ0v) is 15.1. The lowest BCUT2D eigenvalue weighted by Gasteiger charge is -2.32. The molecule has 1 aliphatic heterocycles. The number of pyridine rings is 1. The summed E-state index contributed by atoms with van der Waals surface area (Å²) in [5, 5.41) is 5.20. The monoisotopic (exact) mass is 351 g/mol. The summed E-state index contributed by atoms with van der Waals surface area (Å²) in [5.41, 5.74) is 7.94. The minimum absolute atomic E-state index is 0.445. The third-order valence-electron chi connectivity index (χ3n) is 5.08. The summed E-state index contributed by atoms with van der Waals surface area (Å²) in [5.74, 6) is 1.92.